The molecule has 2 aromatic carbocycles. The number of benzene rings is 2. The molecule has 1 aliphatic rings. The SMILES string of the molecule is COc1ccccc1NC(=O)CSc1nc2nc3c(cc2c(=O)n1-c1ccccc1C)CCCC3. The molecule has 2 heterocycles. The highest BCUT2D eigenvalue weighted by molar-refractivity contribution is 7.99. The zero-order valence-corrected chi connectivity index (χ0v) is 20.5. The predicted molar refractivity (Wildman–Crippen MR) is 139 cm³/mol. The van der Waals surface area contributed by atoms with Gasteiger partial charge in [-0.1, -0.05) is 42.1 Å². The maximum atomic E-state index is 13.8. The number of para-hydroxylation sites is 3. The van der Waals surface area contributed by atoms with Crippen LogP contribution in [0, 0.1) is 6.92 Å². The Kier molecular flexibility index (Phi) is 6.55. The molecule has 0 atom stereocenters. The van der Waals surface area contributed by atoms with E-state index in [4.69, 9.17) is 14.7 Å². The summed E-state index contributed by atoms with van der Waals surface area (Å²) >= 11 is 1.22. The Balaban J connectivity index is 1.54. The largest absolute Gasteiger partial charge is 0.495 e. The molecule has 178 valence electrons. The average molecular weight is 487 g/mol. The van der Waals surface area contributed by atoms with Gasteiger partial charge in [0, 0.05) is 5.69 Å². The van der Waals surface area contributed by atoms with Crippen LogP contribution in [-0.2, 0) is 17.6 Å². The molecular formula is C27H26N4O3S. The number of methoxy groups -OCH3 is 1. The fourth-order valence-corrected chi connectivity index (χ4v) is 5.19. The van der Waals surface area contributed by atoms with Gasteiger partial charge in [-0.2, -0.15) is 0 Å². The fourth-order valence-electron chi connectivity index (χ4n) is 4.40. The van der Waals surface area contributed by atoms with Gasteiger partial charge < -0.3 is 10.1 Å². The lowest BCUT2D eigenvalue weighted by Crippen LogP contribution is -2.24. The average Bonchev–Trinajstić information content (AvgIpc) is 2.87. The van der Waals surface area contributed by atoms with Crippen molar-refractivity contribution in [2.24, 2.45) is 0 Å². The van der Waals surface area contributed by atoms with E-state index in [1.54, 1.807) is 23.8 Å². The summed E-state index contributed by atoms with van der Waals surface area (Å²) in [6.45, 7) is 1.96. The summed E-state index contributed by atoms with van der Waals surface area (Å²) in [6.07, 6.45) is 4.03. The van der Waals surface area contributed by atoms with Gasteiger partial charge >= 0.3 is 0 Å². The molecule has 0 radical (unpaired) electrons. The van der Waals surface area contributed by atoms with E-state index in [2.05, 4.69) is 5.32 Å². The van der Waals surface area contributed by atoms with Gasteiger partial charge in [0.2, 0.25) is 5.91 Å². The normalized spacial score (nSPS) is 12.9. The van der Waals surface area contributed by atoms with Crippen LogP contribution in [0.3, 0.4) is 0 Å². The van der Waals surface area contributed by atoms with Crippen molar-refractivity contribution in [1.29, 1.82) is 0 Å². The first kappa shape index (κ1) is 23.1. The van der Waals surface area contributed by atoms with Gasteiger partial charge in [-0.05, 0) is 68.0 Å². The Hall–Kier alpha value is -3.65. The molecule has 2 aromatic heterocycles. The molecule has 0 bridgehead atoms. The summed E-state index contributed by atoms with van der Waals surface area (Å²) in [5.74, 6) is 0.441. The van der Waals surface area contributed by atoms with Crippen LogP contribution in [0.1, 0.15) is 29.7 Å². The van der Waals surface area contributed by atoms with Gasteiger partial charge in [-0.15, -0.1) is 0 Å². The molecular weight excluding hydrogens is 460 g/mol. The van der Waals surface area contributed by atoms with Gasteiger partial charge in [0.15, 0.2) is 10.8 Å². The summed E-state index contributed by atoms with van der Waals surface area (Å²) in [4.78, 5) is 36.1. The lowest BCUT2D eigenvalue weighted by molar-refractivity contribution is -0.113. The van der Waals surface area contributed by atoms with Gasteiger partial charge in [-0.25, -0.2) is 9.97 Å². The zero-order chi connectivity index (χ0) is 24.4. The second-order valence-corrected chi connectivity index (χ2v) is 9.47. The second kappa shape index (κ2) is 9.92. The van der Waals surface area contributed by atoms with Crippen molar-refractivity contribution in [3.05, 3.63) is 81.8 Å². The number of aromatic nitrogens is 3. The summed E-state index contributed by atoms with van der Waals surface area (Å²) in [6, 6.07) is 16.9. The Bertz CT molecular complexity index is 1480. The number of hydrogen-bond donors (Lipinski definition) is 1. The Labute approximate surface area is 207 Å². The lowest BCUT2D eigenvalue weighted by atomic mass is 9.95. The number of thioether (sulfide) groups is 1. The number of rotatable bonds is 6. The highest BCUT2D eigenvalue weighted by atomic mass is 32.2. The molecule has 1 amide bonds. The molecule has 1 N–H and O–H groups in total. The van der Waals surface area contributed by atoms with Crippen LogP contribution >= 0.6 is 11.8 Å². The first-order valence-corrected chi connectivity index (χ1v) is 12.6. The minimum atomic E-state index is -0.219. The first-order valence-electron chi connectivity index (χ1n) is 11.6. The molecule has 1 aliphatic carbocycles. The number of ether oxygens (including phenoxy) is 1. The van der Waals surface area contributed by atoms with Crippen LogP contribution in [0.15, 0.2) is 64.5 Å². The van der Waals surface area contributed by atoms with Crippen molar-refractivity contribution >= 4 is 34.4 Å². The molecule has 0 spiro atoms. The number of nitrogens with one attached hydrogen (secondary N) is 1. The van der Waals surface area contributed by atoms with Crippen LogP contribution in [0.25, 0.3) is 16.7 Å². The molecule has 35 heavy (non-hydrogen) atoms. The van der Waals surface area contributed by atoms with Crippen molar-refractivity contribution in [2.45, 2.75) is 37.8 Å². The minimum absolute atomic E-state index is 0.0762. The molecule has 7 nitrogen and oxygen atoms in total. The van der Waals surface area contributed by atoms with E-state index in [9.17, 15) is 9.59 Å². The van der Waals surface area contributed by atoms with Crippen molar-refractivity contribution in [2.75, 3.05) is 18.2 Å². The highest BCUT2D eigenvalue weighted by Crippen LogP contribution is 2.27. The highest BCUT2D eigenvalue weighted by Gasteiger charge is 2.20. The van der Waals surface area contributed by atoms with Crippen molar-refractivity contribution < 1.29 is 9.53 Å². The molecule has 5 rings (SSSR count). The topological polar surface area (TPSA) is 86.1 Å². The van der Waals surface area contributed by atoms with Crippen molar-refractivity contribution in [3.8, 4) is 11.4 Å². The zero-order valence-electron chi connectivity index (χ0n) is 19.7. The Morgan fingerprint density at radius 1 is 1.09 bits per heavy atom. The number of amides is 1. The van der Waals surface area contributed by atoms with E-state index >= 15 is 0 Å². The van der Waals surface area contributed by atoms with Gasteiger partial charge in [-0.3, -0.25) is 14.2 Å². The summed E-state index contributed by atoms with van der Waals surface area (Å²) in [5.41, 5.74) is 4.71. The number of carbonyl (C=O) groups excluding carboxylic acids is 1. The Morgan fingerprint density at radius 3 is 2.69 bits per heavy atom. The van der Waals surface area contributed by atoms with Crippen molar-refractivity contribution in [3.63, 3.8) is 0 Å². The van der Waals surface area contributed by atoms with Gasteiger partial charge in [0.05, 0.1) is 29.6 Å². The molecule has 0 saturated carbocycles. The standard InChI is InChI=1S/C27H26N4O3S/c1-17-9-3-7-13-22(17)31-26(33)19-15-18-10-4-5-11-20(18)29-25(19)30-27(31)35-16-24(32)28-21-12-6-8-14-23(21)34-2/h3,6-9,12-15H,4-5,10-11,16H2,1-2H3,(H,28,32). The van der Waals surface area contributed by atoms with Crippen LogP contribution < -0.4 is 15.6 Å². The molecule has 0 saturated heterocycles. The number of aryl methyl sites for hydroxylation is 3. The fraction of sp³-hybridized carbons (Fsp3) is 0.259. The smallest absolute Gasteiger partial charge is 0.268 e. The quantitative estimate of drug-likeness (QED) is 0.314. The molecule has 0 fully saturated rings. The third-order valence-corrected chi connectivity index (χ3v) is 7.12. The predicted octanol–water partition coefficient (Wildman–Crippen LogP) is 4.71. The summed E-state index contributed by atoms with van der Waals surface area (Å²) in [7, 11) is 1.56. The summed E-state index contributed by atoms with van der Waals surface area (Å²) < 4.78 is 6.93. The van der Waals surface area contributed by atoms with Crippen molar-refractivity contribution in [1.82, 2.24) is 14.5 Å². The number of anilines is 1. The van der Waals surface area contributed by atoms with E-state index in [-0.39, 0.29) is 17.2 Å². The maximum absolute atomic E-state index is 13.8. The second-order valence-electron chi connectivity index (χ2n) is 8.53. The van der Waals surface area contributed by atoms with E-state index < -0.39 is 0 Å². The third-order valence-electron chi connectivity index (χ3n) is 6.18. The molecule has 0 unspecified atom stereocenters. The first-order chi connectivity index (χ1) is 17.0. The monoisotopic (exact) mass is 486 g/mol. The van der Waals surface area contributed by atoms with E-state index in [0.29, 0.717) is 27.6 Å². The number of fused-ring (bicyclic) bond motifs is 2. The van der Waals surface area contributed by atoms with Crippen LogP contribution in [0.5, 0.6) is 5.75 Å². The molecule has 4 aromatic rings. The van der Waals surface area contributed by atoms with Crippen LogP contribution in [-0.4, -0.2) is 33.3 Å². The number of hydrogen-bond acceptors (Lipinski definition) is 6. The van der Waals surface area contributed by atoms with Crippen LogP contribution in [0.4, 0.5) is 5.69 Å². The minimum Gasteiger partial charge on any atom is -0.495 e. The van der Waals surface area contributed by atoms with Gasteiger partial charge in [0.25, 0.3) is 5.56 Å². The number of nitrogens with zero attached hydrogens (tertiary/aromatic N) is 3. The number of carbonyl (C=O) groups is 1. The van der Waals surface area contributed by atoms with E-state index in [1.165, 1.54) is 11.8 Å². The Morgan fingerprint density at radius 2 is 1.86 bits per heavy atom. The molecule has 0 aliphatic heterocycles. The van der Waals surface area contributed by atoms with E-state index in [1.807, 2.05) is 49.4 Å². The summed E-state index contributed by atoms with van der Waals surface area (Å²) in [5, 5.41) is 3.83. The molecule has 8 heteroatoms. The third kappa shape index (κ3) is 4.66. The van der Waals surface area contributed by atoms with Gasteiger partial charge in [0.1, 0.15) is 5.75 Å². The maximum Gasteiger partial charge on any atom is 0.268 e. The van der Waals surface area contributed by atoms with Crippen LogP contribution in [0.2, 0.25) is 0 Å². The number of pyridine rings is 1. The lowest BCUT2D eigenvalue weighted by Gasteiger charge is -2.18. The van der Waals surface area contributed by atoms with E-state index in [0.717, 1.165) is 48.2 Å².